The Morgan fingerprint density at radius 1 is 1.33 bits per heavy atom. The summed E-state index contributed by atoms with van der Waals surface area (Å²) in [7, 11) is 0. The molecule has 3 aliphatic heterocycles. The molecule has 5 atom stereocenters. The Morgan fingerprint density at radius 3 is 2.94 bits per heavy atom. The van der Waals surface area contributed by atoms with Gasteiger partial charge in [-0.15, -0.1) is 9.32 Å². The third-order valence-corrected chi connectivity index (χ3v) is 8.01. The molecule has 1 unspecified atom stereocenters. The molecular weight excluding hydrogens is 444 g/mol. The van der Waals surface area contributed by atoms with E-state index < -0.39 is 6.04 Å². The largest absolute Gasteiger partial charge is 0.330 e. The Labute approximate surface area is 196 Å². The number of benzene rings is 1. The number of rotatable bonds is 7. The lowest BCUT2D eigenvalue weighted by Crippen LogP contribution is -2.56. The highest BCUT2D eigenvalue weighted by Crippen LogP contribution is 2.44. The average molecular weight is 473 g/mol. The van der Waals surface area contributed by atoms with E-state index in [-0.39, 0.29) is 36.0 Å². The Kier molecular flexibility index (Phi) is 6.30. The van der Waals surface area contributed by atoms with Gasteiger partial charge >= 0.3 is 0 Å². The molecule has 3 heterocycles. The summed E-state index contributed by atoms with van der Waals surface area (Å²) in [5.41, 5.74) is 8.64. The Balaban J connectivity index is 1.23. The minimum Gasteiger partial charge on any atom is -0.330 e. The van der Waals surface area contributed by atoms with Gasteiger partial charge in [-0.05, 0) is 55.4 Å². The number of carbonyl (C=O) groups excluding carboxylic acids is 2. The van der Waals surface area contributed by atoms with Crippen molar-refractivity contribution in [1.82, 2.24) is 14.7 Å². The zero-order valence-electron chi connectivity index (χ0n) is 18.3. The summed E-state index contributed by atoms with van der Waals surface area (Å²) in [5, 5.41) is 9.26. The monoisotopic (exact) mass is 472 g/mol. The van der Waals surface area contributed by atoms with Crippen molar-refractivity contribution in [3.05, 3.63) is 29.3 Å². The fourth-order valence-corrected chi connectivity index (χ4v) is 6.41. The van der Waals surface area contributed by atoms with E-state index in [2.05, 4.69) is 33.0 Å². The molecule has 33 heavy (non-hydrogen) atoms. The van der Waals surface area contributed by atoms with Crippen molar-refractivity contribution in [2.75, 3.05) is 19.6 Å². The number of nitrogens with zero attached hydrogens (tertiary/aromatic N) is 4. The van der Waals surface area contributed by atoms with Gasteiger partial charge in [0.2, 0.25) is 11.8 Å². The highest BCUT2D eigenvalue weighted by atomic mass is 32.2. The van der Waals surface area contributed by atoms with Gasteiger partial charge in [-0.1, -0.05) is 6.07 Å². The van der Waals surface area contributed by atoms with Crippen molar-refractivity contribution in [1.29, 1.82) is 5.26 Å². The van der Waals surface area contributed by atoms with E-state index in [1.807, 2.05) is 6.07 Å². The first-order valence-corrected chi connectivity index (χ1v) is 12.1. The lowest BCUT2D eigenvalue weighted by molar-refractivity contribution is -0.195. The van der Waals surface area contributed by atoms with E-state index in [0.29, 0.717) is 19.5 Å². The van der Waals surface area contributed by atoms with E-state index in [1.54, 1.807) is 4.90 Å². The van der Waals surface area contributed by atoms with Gasteiger partial charge in [0.15, 0.2) is 0 Å². The van der Waals surface area contributed by atoms with Crippen molar-refractivity contribution >= 4 is 23.9 Å². The van der Waals surface area contributed by atoms with Crippen LogP contribution in [-0.2, 0) is 25.3 Å². The molecule has 1 aromatic carbocycles. The minimum atomic E-state index is -0.720. The fourth-order valence-electron chi connectivity index (χ4n) is 5.98. The maximum Gasteiger partial charge on any atom is 0.241 e. The number of fused-ring (bicyclic) bond motifs is 3. The predicted molar refractivity (Wildman–Crippen MR) is 119 cm³/mol. The fraction of sp³-hybridized carbons (Fsp3) is 0.591. The van der Waals surface area contributed by atoms with Crippen LogP contribution in [0.2, 0.25) is 0 Å². The smallest absolute Gasteiger partial charge is 0.241 e. The molecule has 3 saturated heterocycles. The van der Waals surface area contributed by atoms with Crippen LogP contribution >= 0.6 is 12.0 Å². The normalized spacial score (nSPS) is 29.5. The van der Waals surface area contributed by atoms with E-state index in [9.17, 15) is 14.9 Å². The van der Waals surface area contributed by atoms with E-state index in [0.717, 1.165) is 49.2 Å². The summed E-state index contributed by atoms with van der Waals surface area (Å²) < 4.78 is 4.74. The SMILES string of the molecule is N#C[C@@H]1CCCN1C(=O)[C@@H](N)CN1CC2C[C@@H]1C(=O)N2[C@@H]1CCc2cc(SOON)ccc21. The molecule has 0 aromatic heterocycles. The maximum absolute atomic E-state index is 13.3. The molecule has 2 amide bonds. The van der Waals surface area contributed by atoms with Gasteiger partial charge < -0.3 is 15.5 Å². The summed E-state index contributed by atoms with van der Waals surface area (Å²) in [6.07, 6.45) is 4.10. The molecule has 4 aliphatic rings. The van der Waals surface area contributed by atoms with Gasteiger partial charge in [0.25, 0.3) is 0 Å². The number of nitriles is 1. The van der Waals surface area contributed by atoms with Crippen molar-refractivity contribution in [2.24, 2.45) is 11.6 Å². The lowest BCUT2D eigenvalue weighted by Gasteiger charge is -2.38. The molecule has 10 nitrogen and oxygen atoms in total. The van der Waals surface area contributed by atoms with Crippen LogP contribution in [0.1, 0.15) is 42.9 Å². The number of piperazine rings is 1. The third kappa shape index (κ3) is 4.01. The van der Waals surface area contributed by atoms with Crippen LogP contribution in [0.25, 0.3) is 0 Å². The number of aryl methyl sites for hydroxylation is 1. The van der Waals surface area contributed by atoms with Crippen LogP contribution in [0.5, 0.6) is 0 Å². The number of hydrogen-bond donors (Lipinski definition) is 2. The zero-order valence-corrected chi connectivity index (χ0v) is 19.1. The van der Waals surface area contributed by atoms with Gasteiger partial charge in [-0.2, -0.15) is 11.2 Å². The molecular formula is C22H28N6O4S. The van der Waals surface area contributed by atoms with Crippen LogP contribution in [0.15, 0.2) is 23.1 Å². The van der Waals surface area contributed by atoms with E-state index >= 15 is 0 Å². The molecule has 176 valence electrons. The van der Waals surface area contributed by atoms with Crippen LogP contribution in [0.3, 0.4) is 0 Å². The second-order valence-corrected chi connectivity index (χ2v) is 9.97. The molecule has 0 radical (unpaired) electrons. The van der Waals surface area contributed by atoms with Crippen molar-refractivity contribution in [2.45, 2.75) is 67.2 Å². The molecule has 4 N–H and O–H groups in total. The minimum absolute atomic E-state index is 0.0756. The summed E-state index contributed by atoms with van der Waals surface area (Å²) in [4.78, 5) is 36.9. The number of nitrogens with two attached hydrogens (primary N) is 2. The molecule has 0 spiro atoms. The number of carbonyl (C=O) groups is 2. The standard InChI is InChI=1S/C22H28N6O4S/c23-10-14-2-1-7-27(14)21(29)18(24)12-26-11-15-9-20(26)22(30)28(15)19-6-3-13-8-16(33-32-31-25)4-5-17(13)19/h4-5,8,14-15,18-20H,1-3,6-7,9,11-12,24-25H2/t14-,15?,18-,19+,20+/m0/s1. The van der Waals surface area contributed by atoms with Crippen LogP contribution in [0, 0.1) is 11.3 Å². The van der Waals surface area contributed by atoms with Crippen LogP contribution in [0.4, 0.5) is 0 Å². The number of hydrogen-bond acceptors (Lipinski definition) is 9. The van der Waals surface area contributed by atoms with E-state index in [1.165, 1.54) is 11.1 Å². The topological polar surface area (TPSA) is 138 Å². The van der Waals surface area contributed by atoms with Gasteiger partial charge in [0, 0.05) is 30.6 Å². The van der Waals surface area contributed by atoms with Crippen LogP contribution < -0.4 is 11.6 Å². The number of likely N-dealkylation sites (tertiary alicyclic amines) is 3. The molecule has 1 aliphatic carbocycles. The summed E-state index contributed by atoms with van der Waals surface area (Å²) in [6.45, 7) is 1.65. The second-order valence-electron chi connectivity index (χ2n) is 9.19. The Hall–Kier alpha value is -2.20. The summed E-state index contributed by atoms with van der Waals surface area (Å²) in [6, 6.07) is 7.13. The highest BCUT2D eigenvalue weighted by molar-refractivity contribution is 7.94. The summed E-state index contributed by atoms with van der Waals surface area (Å²) >= 11 is 1.06. The first kappa shape index (κ1) is 22.6. The van der Waals surface area contributed by atoms with Crippen molar-refractivity contribution in [3.8, 4) is 6.07 Å². The molecule has 11 heteroatoms. The molecule has 0 saturated carbocycles. The average Bonchev–Trinajstić information content (AvgIpc) is 3.59. The van der Waals surface area contributed by atoms with Crippen molar-refractivity contribution in [3.63, 3.8) is 0 Å². The van der Waals surface area contributed by atoms with Crippen LogP contribution in [-0.4, -0.2) is 70.3 Å². The van der Waals surface area contributed by atoms with Gasteiger partial charge in [0.05, 0.1) is 36.2 Å². The first-order valence-electron chi connectivity index (χ1n) is 11.4. The number of amides is 2. The third-order valence-electron chi connectivity index (χ3n) is 7.41. The van der Waals surface area contributed by atoms with Gasteiger partial charge in [-0.25, -0.2) is 0 Å². The lowest BCUT2D eigenvalue weighted by atomic mass is 10.1. The van der Waals surface area contributed by atoms with Gasteiger partial charge in [-0.3, -0.25) is 14.5 Å². The Bertz CT molecular complexity index is 986. The molecule has 5 rings (SSSR count). The molecule has 1 aromatic rings. The maximum atomic E-state index is 13.3. The van der Waals surface area contributed by atoms with E-state index in [4.69, 9.17) is 16.0 Å². The highest BCUT2D eigenvalue weighted by Gasteiger charge is 2.53. The first-order chi connectivity index (χ1) is 16.0. The zero-order chi connectivity index (χ0) is 23.1. The summed E-state index contributed by atoms with van der Waals surface area (Å²) in [5.74, 6) is 4.85. The second kappa shape index (κ2) is 9.21. The van der Waals surface area contributed by atoms with Crippen molar-refractivity contribution < 1.29 is 18.9 Å². The molecule has 3 fully saturated rings. The quantitative estimate of drug-likeness (QED) is 0.332. The predicted octanol–water partition coefficient (Wildman–Crippen LogP) is 0.630. The molecule has 2 bridgehead atoms. The Morgan fingerprint density at radius 2 is 2.18 bits per heavy atom. The van der Waals surface area contributed by atoms with Gasteiger partial charge in [0.1, 0.15) is 6.04 Å².